The highest BCUT2D eigenvalue weighted by molar-refractivity contribution is 5.40. The van der Waals surface area contributed by atoms with Crippen molar-refractivity contribution in [3.63, 3.8) is 0 Å². The van der Waals surface area contributed by atoms with E-state index in [2.05, 4.69) is 50.1 Å². The molecule has 2 aliphatic heterocycles. The molecule has 5 heteroatoms. The molecule has 0 saturated carbocycles. The van der Waals surface area contributed by atoms with Gasteiger partial charge in [-0.15, -0.1) is 0 Å². The van der Waals surface area contributed by atoms with E-state index in [1.54, 1.807) is 0 Å². The molecule has 2 saturated heterocycles. The van der Waals surface area contributed by atoms with Crippen LogP contribution in [-0.4, -0.2) is 60.3 Å². The second kappa shape index (κ2) is 7.50. The highest BCUT2D eigenvalue weighted by atomic mass is 16.5. The lowest BCUT2D eigenvalue weighted by atomic mass is 10.1. The maximum Gasteiger partial charge on any atom is 0.132 e. The van der Waals surface area contributed by atoms with Gasteiger partial charge >= 0.3 is 0 Å². The third kappa shape index (κ3) is 3.99. The Morgan fingerprint density at radius 2 is 1.96 bits per heavy atom. The summed E-state index contributed by atoms with van der Waals surface area (Å²) in [7, 11) is 0. The topological polar surface area (TPSA) is 41.5 Å². The van der Waals surface area contributed by atoms with Gasteiger partial charge < -0.3 is 14.5 Å². The van der Waals surface area contributed by atoms with Gasteiger partial charge in [-0.25, -0.2) is 9.97 Å². The Bertz CT molecular complexity index is 693. The Kier molecular flexibility index (Phi) is 4.95. The third-order valence-corrected chi connectivity index (χ3v) is 5.16. The molecular weight excluding hydrogens is 312 g/mol. The van der Waals surface area contributed by atoms with Crippen molar-refractivity contribution >= 4 is 5.82 Å². The van der Waals surface area contributed by atoms with E-state index >= 15 is 0 Å². The molecule has 2 atom stereocenters. The summed E-state index contributed by atoms with van der Waals surface area (Å²) in [5, 5.41) is 0. The van der Waals surface area contributed by atoms with E-state index in [4.69, 9.17) is 4.74 Å². The highest BCUT2D eigenvalue weighted by Crippen LogP contribution is 2.24. The minimum Gasteiger partial charge on any atom is -0.379 e. The zero-order valence-electron chi connectivity index (χ0n) is 14.8. The minimum absolute atomic E-state index is 0.359. The van der Waals surface area contributed by atoms with Crippen molar-refractivity contribution in [2.24, 2.45) is 5.92 Å². The Hall–Kier alpha value is -1.98. The van der Waals surface area contributed by atoms with E-state index in [0.717, 1.165) is 57.5 Å². The van der Waals surface area contributed by atoms with Gasteiger partial charge in [0.15, 0.2) is 0 Å². The Balaban J connectivity index is 1.48. The van der Waals surface area contributed by atoms with E-state index in [0.29, 0.717) is 12.0 Å². The van der Waals surface area contributed by atoms with Gasteiger partial charge in [-0.2, -0.15) is 0 Å². The number of aromatic nitrogens is 2. The number of ether oxygens (including phenoxy) is 1. The lowest BCUT2D eigenvalue weighted by Gasteiger charge is -2.32. The lowest BCUT2D eigenvalue weighted by Crippen LogP contribution is -2.44. The first kappa shape index (κ1) is 16.5. The van der Waals surface area contributed by atoms with Gasteiger partial charge in [0.05, 0.1) is 19.3 Å². The molecule has 0 aliphatic carbocycles. The van der Waals surface area contributed by atoms with Crippen molar-refractivity contribution in [1.82, 2.24) is 14.9 Å². The fraction of sp³-hybridized carbons (Fsp3) is 0.500. The minimum atomic E-state index is 0.359. The maximum absolute atomic E-state index is 5.94. The number of rotatable bonds is 4. The van der Waals surface area contributed by atoms with E-state index in [-0.39, 0.29) is 0 Å². The van der Waals surface area contributed by atoms with Crippen LogP contribution < -0.4 is 4.90 Å². The van der Waals surface area contributed by atoms with Crippen LogP contribution in [0.4, 0.5) is 5.82 Å². The van der Waals surface area contributed by atoms with E-state index in [1.165, 1.54) is 5.56 Å². The van der Waals surface area contributed by atoms with Crippen molar-refractivity contribution in [3.05, 3.63) is 54.0 Å². The molecule has 2 fully saturated rings. The maximum atomic E-state index is 5.94. The van der Waals surface area contributed by atoms with E-state index in [1.807, 2.05) is 19.2 Å². The zero-order chi connectivity index (χ0) is 17.1. The van der Waals surface area contributed by atoms with Crippen LogP contribution in [0.5, 0.6) is 0 Å². The van der Waals surface area contributed by atoms with E-state index in [9.17, 15) is 0 Å². The molecule has 5 nitrogen and oxygen atoms in total. The lowest BCUT2D eigenvalue weighted by molar-refractivity contribution is 0.0653. The molecule has 25 heavy (non-hydrogen) atoms. The van der Waals surface area contributed by atoms with Gasteiger partial charge in [-0.05, 0) is 25.0 Å². The van der Waals surface area contributed by atoms with Crippen molar-refractivity contribution < 1.29 is 4.74 Å². The summed E-state index contributed by atoms with van der Waals surface area (Å²) < 4.78 is 5.94. The first-order valence-corrected chi connectivity index (χ1v) is 9.18. The molecule has 2 bridgehead atoms. The normalized spacial score (nSPS) is 24.1. The monoisotopic (exact) mass is 338 g/mol. The molecule has 132 valence electrons. The summed E-state index contributed by atoms with van der Waals surface area (Å²) >= 11 is 0. The Morgan fingerprint density at radius 1 is 1.08 bits per heavy atom. The van der Waals surface area contributed by atoms with Crippen LogP contribution in [-0.2, 0) is 11.2 Å². The van der Waals surface area contributed by atoms with Gasteiger partial charge in [-0.1, -0.05) is 30.3 Å². The van der Waals surface area contributed by atoms with Crippen LogP contribution in [0.15, 0.2) is 42.6 Å². The second-order valence-electron chi connectivity index (χ2n) is 7.17. The number of benzene rings is 1. The molecule has 0 radical (unpaired) electrons. The molecule has 1 aromatic heterocycles. The average molecular weight is 338 g/mol. The Morgan fingerprint density at radius 3 is 2.80 bits per heavy atom. The number of hydrogen-bond acceptors (Lipinski definition) is 5. The molecule has 0 spiro atoms. The SMILES string of the molecule is Cc1nccc(N2C[C@H]3COC[C@@H]2CN(CCc2ccccc2)C3)n1. The number of fused-ring (bicyclic) bond motifs is 3. The number of nitrogens with zero attached hydrogens (tertiary/aromatic N) is 4. The summed E-state index contributed by atoms with van der Waals surface area (Å²) in [6.45, 7) is 7.84. The van der Waals surface area contributed by atoms with Crippen LogP contribution in [0.25, 0.3) is 0 Å². The van der Waals surface area contributed by atoms with Crippen molar-refractivity contribution in [1.29, 1.82) is 0 Å². The number of aryl methyl sites for hydroxylation is 1. The standard InChI is InChI=1S/C20H26N4O/c1-16-21-9-7-20(22-16)24-12-18-11-23(13-19(24)15-25-14-18)10-8-17-5-3-2-4-6-17/h2-7,9,18-19H,8,10-15H2,1H3/t18-,19-/m0/s1. The van der Waals surface area contributed by atoms with Crippen molar-refractivity contribution in [3.8, 4) is 0 Å². The molecule has 0 amide bonds. The van der Waals surface area contributed by atoms with Gasteiger partial charge in [0.25, 0.3) is 0 Å². The molecule has 2 aliphatic rings. The molecule has 2 aromatic rings. The molecule has 0 unspecified atom stereocenters. The van der Waals surface area contributed by atoms with Crippen molar-refractivity contribution in [2.45, 2.75) is 19.4 Å². The first-order chi connectivity index (χ1) is 12.3. The molecule has 0 N–H and O–H groups in total. The predicted octanol–water partition coefficient (Wildman–Crippen LogP) is 2.16. The van der Waals surface area contributed by atoms with Crippen LogP contribution in [0, 0.1) is 12.8 Å². The van der Waals surface area contributed by atoms with Crippen molar-refractivity contribution in [2.75, 3.05) is 44.3 Å². The fourth-order valence-electron chi connectivity index (χ4n) is 3.94. The summed E-state index contributed by atoms with van der Waals surface area (Å²) in [6.07, 6.45) is 2.97. The smallest absolute Gasteiger partial charge is 0.132 e. The van der Waals surface area contributed by atoms with Gasteiger partial charge in [0.2, 0.25) is 0 Å². The first-order valence-electron chi connectivity index (χ1n) is 9.18. The van der Waals surface area contributed by atoms with Crippen LogP contribution >= 0.6 is 0 Å². The highest BCUT2D eigenvalue weighted by Gasteiger charge is 2.33. The van der Waals surface area contributed by atoms with E-state index < -0.39 is 0 Å². The number of hydrogen-bond donors (Lipinski definition) is 0. The summed E-state index contributed by atoms with van der Waals surface area (Å²) in [6, 6.07) is 13.2. The Labute approximate surface area is 149 Å². The average Bonchev–Trinajstić information content (AvgIpc) is 2.91. The van der Waals surface area contributed by atoms with Gasteiger partial charge in [-0.3, -0.25) is 0 Å². The number of anilines is 1. The van der Waals surface area contributed by atoms with Crippen LogP contribution in [0.2, 0.25) is 0 Å². The second-order valence-corrected chi connectivity index (χ2v) is 7.17. The molecule has 1 aromatic carbocycles. The van der Waals surface area contributed by atoms with Gasteiger partial charge in [0.1, 0.15) is 11.6 Å². The van der Waals surface area contributed by atoms with Gasteiger partial charge in [0, 0.05) is 38.3 Å². The predicted molar refractivity (Wildman–Crippen MR) is 98.8 cm³/mol. The van der Waals surface area contributed by atoms with Crippen LogP contribution in [0.3, 0.4) is 0 Å². The summed E-state index contributed by atoms with van der Waals surface area (Å²) in [5.74, 6) is 2.40. The quantitative estimate of drug-likeness (QED) is 0.855. The molecule has 3 heterocycles. The molecular formula is C20H26N4O. The summed E-state index contributed by atoms with van der Waals surface area (Å²) in [5.41, 5.74) is 1.41. The molecule has 4 rings (SSSR count). The fourth-order valence-corrected chi connectivity index (χ4v) is 3.94. The van der Waals surface area contributed by atoms with Crippen LogP contribution in [0.1, 0.15) is 11.4 Å². The third-order valence-electron chi connectivity index (χ3n) is 5.16. The largest absolute Gasteiger partial charge is 0.379 e. The summed E-state index contributed by atoms with van der Waals surface area (Å²) in [4.78, 5) is 13.9. The zero-order valence-corrected chi connectivity index (χ0v) is 14.8.